The van der Waals surface area contributed by atoms with Crippen LogP contribution in [0.3, 0.4) is 0 Å². The SMILES string of the molecule is CCC(C)SCC(Cc1ccc(OC)c(Br)c1)NC. The van der Waals surface area contributed by atoms with E-state index in [2.05, 4.69) is 47.2 Å². The molecule has 0 aromatic heterocycles. The molecular formula is C15H24BrNOS. The van der Waals surface area contributed by atoms with Gasteiger partial charge in [-0.1, -0.05) is 19.9 Å². The Labute approximate surface area is 129 Å². The number of benzene rings is 1. The van der Waals surface area contributed by atoms with Crippen LogP contribution in [0.2, 0.25) is 0 Å². The molecule has 2 atom stereocenters. The van der Waals surface area contributed by atoms with Gasteiger partial charge in [-0.3, -0.25) is 0 Å². The molecule has 0 heterocycles. The number of methoxy groups -OCH3 is 1. The first-order valence-electron chi connectivity index (χ1n) is 6.72. The minimum atomic E-state index is 0.513. The first kappa shape index (κ1) is 16.9. The van der Waals surface area contributed by atoms with Gasteiger partial charge in [-0.15, -0.1) is 0 Å². The number of rotatable bonds is 8. The molecule has 0 radical (unpaired) electrons. The molecule has 0 fully saturated rings. The van der Waals surface area contributed by atoms with Gasteiger partial charge in [0.05, 0.1) is 11.6 Å². The van der Waals surface area contributed by atoms with Gasteiger partial charge in [0.15, 0.2) is 0 Å². The van der Waals surface area contributed by atoms with E-state index in [0.717, 1.165) is 27.6 Å². The Morgan fingerprint density at radius 1 is 1.42 bits per heavy atom. The molecule has 0 saturated heterocycles. The van der Waals surface area contributed by atoms with Gasteiger partial charge in [-0.05, 0) is 53.5 Å². The Morgan fingerprint density at radius 3 is 2.68 bits per heavy atom. The maximum Gasteiger partial charge on any atom is 0.133 e. The van der Waals surface area contributed by atoms with Crippen LogP contribution in [-0.2, 0) is 6.42 Å². The Hall–Kier alpha value is -0.190. The Kier molecular flexibility index (Phi) is 7.88. The molecule has 4 heteroatoms. The van der Waals surface area contributed by atoms with Gasteiger partial charge in [0, 0.05) is 17.0 Å². The first-order chi connectivity index (χ1) is 9.10. The zero-order chi connectivity index (χ0) is 14.3. The van der Waals surface area contributed by atoms with Gasteiger partial charge in [0.25, 0.3) is 0 Å². The van der Waals surface area contributed by atoms with Crippen molar-refractivity contribution in [1.82, 2.24) is 5.32 Å². The second-order valence-electron chi connectivity index (χ2n) is 4.71. The number of thioether (sulfide) groups is 1. The third-order valence-electron chi connectivity index (χ3n) is 3.26. The van der Waals surface area contributed by atoms with Crippen molar-refractivity contribution in [3.63, 3.8) is 0 Å². The van der Waals surface area contributed by atoms with Crippen LogP contribution in [0.25, 0.3) is 0 Å². The van der Waals surface area contributed by atoms with E-state index in [9.17, 15) is 0 Å². The summed E-state index contributed by atoms with van der Waals surface area (Å²) in [6, 6.07) is 6.83. The van der Waals surface area contributed by atoms with Crippen molar-refractivity contribution in [1.29, 1.82) is 0 Å². The standard InChI is InChI=1S/C15H24BrNOS/c1-5-11(2)19-10-13(17-3)8-12-6-7-15(18-4)14(16)9-12/h6-7,9,11,13,17H,5,8,10H2,1-4H3. The fourth-order valence-corrected chi connectivity index (χ4v) is 3.43. The van der Waals surface area contributed by atoms with E-state index >= 15 is 0 Å². The van der Waals surface area contributed by atoms with E-state index in [0.29, 0.717) is 6.04 Å². The zero-order valence-corrected chi connectivity index (χ0v) is 14.6. The summed E-state index contributed by atoms with van der Waals surface area (Å²) >= 11 is 5.58. The Bertz CT molecular complexity index is 386. The quantitative estimate of drug-likeness (QED) is 0.765. The minimum Gasteiger partial charge on any atom is -0.496 e. The molecule has 0 aliphatic rings. The van der Waals surface area contributed by atoms with Gasteiger partial charge in [0.1, 0.15) is 5.75 Å². The molecule has 0 spiro atoms. The monoisotopic (exact) mass is 345 g/mol. The molecule has 0 aliphatic carbocycles. The molecule has 1 aromatic rings. The summed E-state index contributed by atoms with van der Waals surface area (Å²) in [7, 11) is 3.74. The van der Waals surface area contributed by atoms with E-state index in [-0.39, 0.29) is 0 Å². The average Bonchev–Trinajstić information content (AvgIpc) is 2.43. The highest BCUT2D eigenvalue weighted by molar-refractivity contribution is 9.10. The highest BCUT2D eigenvalue weighted by Gasteiger charge is 2.11. The molecule has 0 aliphatic heterocycles. The van der Waals surface area contributed by atoms with E-state index < -0.39 is 0 Å². The largest absolute Gasteiger partial charge is 0.496 e. The lowest BCUT2D eigenvalue weighted by Crippen LogP contribution is -2.30. The summed E-state index contributed by atoms with van der Waals surface area (Å²) in [5.74, 6) is 2.04. The van der Waals surface area contributed by atoms with Crippen molar-refractivity contribution in [2.24, 2.45) is 0 Å². The summed E-state index contributed by atoms with van der Waals surface area (Å²) < 4.78 is 6.28. The number of likely N-dealkylation sites (N-methyl/N-ethyl adjacent to an activating group) is 1. The summed E-state index contributed by atoms with van der Waals surface area (Å²) in [6.07, 6.45) is 2.28. The molecule has 1 N–H and O–H groups in total. The zero-order valence-electron chi connectivity index (χ0n) is 12.2. The Morgan fingerprint density at radius 2 is 2.16 bits per heavy atom. The number of halogens is 1. The molecule has 0 bridgehead atoms. The van der Waals surface area contributed by atoms with Crippen molar-refractivity contribution in [2.75, 3.05) is 19.9 Å². The molecule has 0 amide bonds. The number of hydrogen-bond donors (Lipinski definition) is 1. The van der Waals surface area contributed by atoms with E-state index in [4.69, 9.17) is 4.74 Å². The van der Waals surface area contributed by atoms with E-state index in [1.54, 1.807) is 7.11 Å². The maximum atomic E-state index is 5.26. The third-order valence-corrected chi connectivity index (χ3v) is 5.38. The van der Waals surface area contributed by atoms with Gasteiger partial charge in [-0.25, -0.2) is 0 Å². The number of hydrogen-bond acceptors (Lipinski definition) is 3. The topological polar surface area (TPSA) is 21.3 Å². The summed E-state index contributed by atoms with van der Waals surface area (Å²) in [6.45, 7) is 4.54. The summed E-state index contributed by atoms with van der Waals surface area (Å²) in [5.41, 5.74) is 1.33. The predicted molar refractivity (Wildman–Crippen MR) is 89.5 cm³/mol. The van der Waals surface area contributed by atoms with Crippen molar-refractivity contribution < 1.29 is 4.74 Å². The minimum absolute atomic E-state index is 0.513. The molecule has 0 saturated carbocycles. The van der Waals surface area contributed by atoms with Gasteiger partial charge >= 0.3 is 0 Å². The van der Waals surface area contributed by atoms with Gasteiger partial charge in [-0.2, -0.15) is 11.8 Å². The number of ether oxygens (including phenoxy) is 1. The Balaban J connectivity index is 2.57. The maximum absolute atomic E-state index is 5.26. The summed E-state index contributed by atoms with van der Waals surface area (Å²) in [4.78, 5) is 0. The van der Waals surface area contributed by atoms with Crippen LogP contribution in [0.1, 0.15) is 25.8 Å². The highest BCUT2D eigenvalue weighted by atomic mass is 79.9. The van der Waals surface area contributed by atoms with Crippen LogP contribution < -0.4 is 10.1 Å². The molecular weight excluding hydrogens is 322 g/mol. The lowest BCUT2D eigenvalue weighted by atomic mass is 10.1. The lowest BCUT2D eigenvalue weighted by molar-refractivity contribution is 0.412. The van der Waals surface area contributed by atoms with E-state index in [1.165, 1.54) is 12.0 Å². The average molecular weight is 346 g/mol. The molecule has 19 heavy (non-hydrogen) atoms. The molecule has 2 nitrogen and oxygen atoms in total. The molecule has 108 valence electrons. The van der Waals surface area contributed by atoms with Crippen LogP contribution in [0.5, 0.6) is 5.75 Å². The van der Waals surface area contributed by atoms with Crippen LogP contribution >= 0.6 is 27.7 Å². The second-order valence-corrected chi connectivity index (χ2v) is 7.04. The van der Waals surface area contributed by atoms with Crippen LogP contribution in [0.15, 0.2) is 22.7 Å². The fraction of sp³-hybridized carbons (Fsp3) is 0.600. The van der Waals surface area contributed by atoms with Gasteiger partial charge < -0.3 is 10.1 Å². The normalized spacial score (nSPS) is 14.2. The van der Waals surface area contributed by atoms with Crippen LogP contribution in [0.4, 0.5) is 0 Å². The van der Waals surface area contributed by atoms with Crippen LogP contribution in [0, 0.1) is 0 Å². The second kappa shape index (κ2) is 8.88. The molecule has 1 aromatic carbocycles. The van der Waals surface area contributed by atoms with Crippen molar-refractivity contribution in [3.8, 4) is 5.75 Å². The molecule has 1 rings (SSSR count). The number of nitrogens with one attached hydrogen (secondary N) is 1. The van der Waals surface area contributed by atoms with Crippen LogP contribution in [-0.4, -0.2) is 31.2 Å². The fourth-order valence-electron chi connectivity index (χ4n) is 1.76. The van der Waals surface area contributed by atoms with Gasteiger partial charge in [0.2, 0.25) is 0 Å². The van der Waals surface area contributed by atoms with Crippen molar-refractivity contribution in [3.05, 3.63) is 28.2 Å². The first-order valence-corrected chi connectivity index (χ1v) is 8.56. The van der Waals surface area contributed by atoms with E-state index in [1.807, 2.05) is 24.9 Å². The molecule has 2 unspecified atom stereocenters. The van der Waals surface area contributed by atoms with Crippen molar-refractivity contribution >= 4 is 27.7 Å². The lowest BCUT2D eigenvalue weighted by Gasteiger charge is -2.18. The van der Waals surface area contributed by atoms with Crippen molar-refractivity contribution in [2.45, 2.75) is 38.0 Å². The third kappa shape index (κ3) is 5.76. The highest BCUT2D eigenvalue weighted by Crippen LogP contribution is 2.26. The predicted octanol–water partition coefficient (Wildman–Crippen LogP) is 4.12. The summed E-state index contributed by atoms with van der Waals surface area (Å²) in [5, 5.41) is 4.15. The smallest absolute Gasteiger partial charge is 0.133 e.